The first-order valence-electron chi connectivity index (χ1n) is 11.7. The van der Waals surface area contributed by atoms with E-state index in [1.807, 2.05) is 61.5 Å². The molecule has 0 saturated carbocycles. The number of nitrogens with zero attached hydrogens (tertiary/aromatic N) is 3. The third-order valence-corrected chi connectivity index (χ3v) is 5.82. The first-order chi connectivity index (χ1) is 17.3. The van der Waals surface area contributed by atoms with Crippen molar-refractivity contribution in [2.24, 2.45) is 0 Å². The number of aromatic nitrogens is 3. The molecule has 5 heterocycles. The number of pyridine rings is 3. The van der Waals surface area contributed by atoms with Gasteiger partial charge in [0.1, 0.15) is 24.4 Å². The molecule has 0 aromatic carbocycles. The van der Waals surface area contributed by atoms with Crippen LogP contribution in [-0.4, -0.2) is 58.6 Å². The summed E-state index contributed by atoms with van der Waals surface area (Å²) in [4.78, 5) is 13.1. The Bertz CT molecular complexity index is 1030. The van der Waals surface area contributed by atoms with Crippen LogP contribution in [0.15, 0.2) is 73.2 Å². The second-order valence-corrected chi connectivity index (χ2v) is 8.38. The topological polar surface area (TPSA) is 94.1 Å². The summed E-state index contributed by atoms with van der Waals surface area (Å²) in [5.41, 5.74) is 2.46. The number of rotatable bonds is 10. The van der Waals surface area contributed by atoms with Gasteiger partial charge in [-0.15, -0.1) is 0 Å². The molecule has 0 spiro atoms. The van der Waals surface area contributed by atoms with E-state index in [4.69, 9.17) is 28.4 Å². The van der Waals surface area contributed by atoms with Crippen molar-refractivity contribution in [2.45, 2.75) is 63.7 Å². The third kappa shape index (κ3) is 6.26. The standard InChI is InChI=1S/C26H29N3O6/c1-18-33-25-24(32-16-21-10-4-7-13-29-21)23(31-15-20-9-3-6-12-28-20)22(35-26(25)34-18)17-30-14-19-8-2-5-11-27-19/h2-13,18,22-26H,14-17H2,1H3/t18-,22-,23+,24+,25-,26+/m1/s1. The van der Waals surface area contributed by atoms with Crippen LogP contribution in [0.25, 0.3) is 0 Å². The molecule has 0 bridgehead atoms. The van der Waals surface area contributed by atoms with E-state index in [1.54, 1.807) is 18.6 Å². The number of hydrogen-bond donors (Lipinski definition) is 0. The Morgan fingerprint density at radius 2 is 1.26 bits per heavy atom. The fraction of sp³-hybridized carbons (Fsp3) is 0.423. The Labute approximate surface area is 204 Å². The van der Waals surface area contributed by atoms with Crippen LogP contribution >= 0.6 is 0 Å². The highest BCUT2D eigenvalue weighted by Gasteiger charge is 2.53. The van der Waals surface area contributed by atoms with E-state index in [1.165, 1.54) is 0 Å². The molecule has 0 unspecified atom stereocenters. The molecule has 0 N–H and O–H groups in total. The Kier molecular flexibility index (Phi) is 8.04. The highest BCUT2D eigenvalue weighted by molar-refractivity contribution is 5.05. The summed E-state index contributed by atoms with van der Waals surface area (Å²) in [6, 6.07) is 17.2. The van der Waals surface area contributed by atoms with Crippen molar-refractivity contribution in [3.05, 3.63) is 90.3 Å². The van der Waals surface area contributed by atoms with Crippen LogP contribution in [0.5, 0.6) is 0 Å². The maximum atomic E-state index is 6.37. The summed E-state index contributed by atoms with van der Waals surface area (Å²) in [7, 11) is 0. The fourth-order valence-corrected chi connectivity index (χ4v) is 4.19. The number of ether oxygens (including phenoxy) is 6. The lowest BCUT2D eigenvalue weighted by Crippen LogP contribution is -2.59. The third-order valence-electron chi connectivity index (χ3n) is 5.82. The highest BCUT2D eigenvalue weighted by Crippen LogP contribution is 2.35. The molecule has 3 aromatic heterocycles. The first-order valence-corrected chi connectivity index (χ1v) is 11.7. The van der Waals surface area contributed by atoms with Crippen molar-refractivity contribution in [1.29, 1.82) is 0 Å². The lowest BCUT2D eigenvalue weighted by Gasteiger charge is -2.42. The Morgan fingerprint density at radius 3 is 1.83 bits per heavy atom. The largest absolute Gasteiger partial charge is 0.372 e. The van der Waals surface area contributed by atoms with Gasteiger partial charge < -0.3 is 28.4 Å². The van der Waals surface area contributed by atoms with Crippen molar-refractivity contribution in [3.8, 4) is 0 Å². The first kappa shape index (κ1) is 23.9. The van der Waals surface area contributed by atoms with Crippen LogP contribution in [0.3, 0.4) is 0 Å². The molecule has 35 heavy (non-hydrogen) atoms. The van der Waals surface area contributed by atoms with Gasteiger partial charge in [0, 0.05) is 18.6 Å². The Balaban J connectivity index is 1.33. The van der Waals surface area contributed by atoms with Gasteiger partial charge >= 0.3 is 0 Å². The molecular weight excluding hydrogens is 450 g/mol. The fourth-order valence-electron chi connectivity index (χ4n) is 4.19. The molecular formula is C26H29N3O6. The molecule has 3 aromatic rings. The summed E-state index contributed by atoms with van der Waals surface area (Å²) in [5, 5.41) is 0. The molecule has 2 aliphatic heterocycles. The van der Waals surface area contributed by atoms with E-state index < -0.39 is 37.0 Å². The summed E-state index contributed by atoms with van der Waals surface area (Å²) in [6.45, 7) is 3.07. The Hall–Kier alpha value is -2.79. The minimum Gasteiger partial charge on any atom is -0.372 e. The molecule has 9 heteroatoms. The average Bonchev–Trinajstić information content (AvgIpc) is 3.28. The normalized spacial score (nSPS) is 28.0. The molecule has 0 amide bonds. The van der Waals surface area contributed by atoms with Gasteiger partial charge in [-0.3, -0.25) is 15.0 Å². The molecule has 0 radical (unpaired) electrons. The summed E-state index contributed by atoms with van der Waals surface area (Å²) >= 11 is 0. The molecule has 2 saturated heterocycles. The summed E-state index contributed by atoms with van der Waals surface area (Å²) in [5.74, 6) is 0. The quantitative estimate of drug-likeness (QED) is 0.435. The van der Waals surface area contributed by atoms with Crippen LogP contribution in [0.4, 0.5) is 0 Å². The van der Waals surface area contributed by atoms with E-state index in [-0.39, 0.29) is 6.61 Å². The van der Waals surface area contributed by atoms with E-state index in [0.29, 0.717) is 19.8 Å². The van der Waals surface area contributed by atoms with Gasteiger partial charge in [-0.2, -0.15) is 0 Å². The lowest BCUT2D eigenvalue weighted by atomic mass is 9.98. The monoisotopic (exact) mass is 479 g/mol. The van der Waals surface area contributed by atoms with Crippen molar-refractivity contribution >= 4 is 0 Å². The molecule has 2 fully saturated rings. The second-order valence-electron chi connectivity index (χ2n) is 8.38. The molecule has 184 valence electrons. The maximum absolute atomic E-state index is 6.37. The van der Waals surface area contributed by atoms with Crippen molar-refractivity contribution in [1.82, 2.24) is 15.0 Å². The van der Waals surface area contributed by atoms with Gasteiger partial charge in [0.2, 0.25) is 0 Å². The predicted molar refractivity (Wildman–Crippen MR) is 124 cm³/mol. The summed E-state index contributed by atoms with van der Waals surface area (Å²) in [6.07, 6.45) is 2.36. The van der Waals surface area contributed by atoms with Gasteiger partial charge in [-0.05, 0) is 43.3 Å². The maximum Gasteiger partial charge on any atom is 0.190 e. The van der Waals surface area contributed by atoms with E-state index in [0.717, 1.165) is 17.1 Å². The van der Waals surface area contributed by atoms with E-state index in [2.05, 4.69) is 15.0 Å². The molecule has 5 rings (SSSR count). The van der Waals surface area contributed by atoms with Crippen molar-refractivity contribution in [3.63, 3.8) is 0 Å². The van der Waals surface area contributed by atoms with Crippen molar-refractivity contribution in [2.75, 3.05) is 6.61 Å². The van der Waals surface area contributed by atoms with E-state index >= 15 is 0 Å². The highest BCUT2D eigenvalue weighted by atomic mass is 16.8. The van der Waals surface area contributed by atoms with Gasteiger partial charge in [0.05, 0.1) is 43.5 Å². The van der Waals surface area contributed by atoms with Crippen LogP contribution in [0.2, 0.25) is 0 Å². The zero-order valence-electron chi connectivity index (χ0n) is 19.5. The predicted octanol–water partition coefficient (Wildman–Crippen LogP) is 3.05. The summed E-state index contributed by atoms with van der Waals surface area (Å²) < 4.78 is 36.9. The Morgan fingerprint density at radius 1 is 0.686 bits per heavy atom. The van der Waals surface area contributed by atoms with Gasteiger partial charge in [-0.25, -0.2) is 0 Å². The average molecular weight is 480 g/mol. The molecule has 9 nitrogen and oxygen atoms in total. The lowest BCUT2D eigenvalue weighted by molar-refractivity contribution is -0.278. The van der Waals surface area contributed by atoms with Crippen LogP contribution in [0.1, 0.15) is 24.0 Å². The number of fused-ring (bicyclic) bond motifs is 1. The van der Waals surface area contributed by atoms with Gasteiger partial charge in [-0.1, -0.05) is 18.2 Å². The molecule has 0 aliphatic carbocycles. The molecule has 6 atom stereocenters. The minimum atomic E-state index is -0.586. The minimum absolute atomic E-state index is 0.272. The number of hydrogen-bond acceptors (Lipinski definition) is 9. The zero-order valence-corrected chi connectivity index (χ0v) is 19.5. The second kappa shape index (κ2) is 11.8. The van der Waals surface area contributed by atoms with Crippen molar-refractivity contribution < 1.29 is 28.4 Å². The van der Waals surface area contributed by atoms with Gasteiger partial charge in [0.25, 0.3) is 0 Å². The van der Waals surface area contributed by atoms with Crippen LogP contribution in [-0.2, 0) is 48.2 Å². The van der Waals surface area contributed by atoms with Crippen LogP contribution < -0.4 is 0 Å². The van der Waals surface area contributed by atoms with Crippen LogP contribution in [0, 0.1) is 0 Å². The van der Waals surface area contributed by atoms with E-state index in [9.17, 15) is 0 Å². The molecule has 2 aliphatic rings. The van der Waals surface area contributed by atoms with Gasteiger partial charge in [0.15, 0.2) is 12.6 Å². The smallest absolute Gasteiger partial charge is 0.190 e. The SMILES string of the molecule is C[C@H]1O[C@H]2O[C@H](COCc3ccccn3)[C@H](OCc3ccccn3)[C@H](OCc3ccccn3)[C@H]2O1. The zero-order chi connectivity index (χ0) is 23.9.